The van der Waals surface area contributed by atoms with E-state index in [4.69, 9.17) is 5.11 Å². The Labute approximate surface area is 68.6 Å². The summed E-state index contributed by atoms with van der Waals surface area (Å²) in [6.45, 7) is 0. The summed E-state index contributed by atoms with van der Waals surface area (Å²) >= 11 is 0. The molecule has 0 saturated heterocycles. The van der Waals surface area contributed by atoms with Gasteiger partial charge in [0.2, 0.25) is 0 Å². The molecule has 2 aliphatic rings. The van der Waals surface area contributed by atoms with Crippen LogP contribution in [0, 0.1) is 5.92 Å². The molecule has 4 heteroatoms. The van der Waals surface area contributed by atoms with Crippen LogP contribution in [0.25, 0.3) is 0 Å². The SMILES string of the molecule is O=C(O)c1n[nH]c2c1CC1CC21. The number of hydrogen-bond donors (Lipinski definition) is 2. The first-order chi connectivity index (χ1) is 5.77. The minimum absolute atomic E-state index is 0.234. The van der Waals surface area contributed by atoms with Crippen molar-refractivity contribution in [2.24, 2.45) is 5.92 Å². The predicted molar refractivity (Wildman–Crippen MR) is 40.1 cm³/mol. The summed E-state index contributed by atoms with van der Waals surface area (Å²) in [5.74, 6) is 0.404. The largest absolute Gasteiger partial charge is 0.476 e. The van der Waals surface area contributed by atoms with Crippen LogP contribution < -0.4 is 0 Å². The molecule has 1 aromatic rings. The summed E-state index contributed by atoms with van der Waals surface area (Å²) in [5, 5.41) is 15.4. The molecule has 4 nitrogen and oxygen atoms in total. The lowest BCUT2D eigenvalue weighted by Crippen LogP contribution is -2.01. The standard InChI is InChI=1S/C8H8N2O2/c11-8(12)7-5-2-3-1-4(3)6(5)9-10-7/h3-4H,1-2H2,(H,9,10)(H,11,12). The summed E-state index contributed by atoms with van der Waals surface area (Å²) in [6, 6.07) is 0. The van der Waals surface area contributed by atoms with Crippen molar-refractivity contribution in [2.75, 3.05) is 0 Å². The van der Waals surface area contributed by atoms with Crippen LogP contribution in [0.1, 0.15) is 34.1 Å². The van der Waals surface area contributed by atoms with Crippen LogP contribution in [0.3, 0.4) is 0 Å². The van der Waals surface area contributed by atoms with Gasteiger partial charge < -0.3 is 5.11 Å². The van der Waals surface area contributed by atoms with Crippen LogP contribution in [-0.4, -0.2) is 21.3 Å². The van der Waals surface area contributed by atoms with Crippen molar-refractivity contribution in [3.05, 3.63) is 17.0 Å². The molecule has 1 aromatic heterocycles. The van der Waals surface area contributed by atoms with Gasteiger partial charge in [-0.3, -0.25) is 5.10 Å². The number of aromatic carboxylic acids is 1. The molecule has 1 saturated carbocycles. The van der Waals surface area contributed by atoms with E-state index in [1.54, 1.807) is 0 Å². The Morgan fingerprint density at radius 1 is 1.67 bits per heavy atom. The number of rotatable bonds is 1. The first-order valence-electron chi connectivity index (χ1n) is 4.08. The van der Waals surface area contributed by atoms with Crippen molar-refractivity contribution in [1.82, 2.24) is 10.2 Å². The number of carboxylic acids is 1. The Bertz CT molecular complexity index is 369. The van der Waals surface area contributed by atoms with E-state index in [9.17, 15) is 4.79 Å². The molecule has 0 aromatic carbocycles. The van der Waals surface area contributed by atoms with E-state index in [1.807, 2.05) is 0 Å². The molecule has 2 atom stereocenters. The highest BCUT2D eigenvalue weighted by atomic mass is 16.4. The molecule has 0 spiro atoms. The molecule has 1 fully saturated rings. The highest BCUT2D eigenvalue weighted by molar-refractivity contribution is 5.87. The Kier molecular flexibility index (Phi) is 0.885. The molecule has 3 rings (SSSR count). The molecular formula is C8H8N2O2. The quantitative estimate of drug-likeness (QED) is 0.644. The van der Waals surface area contributed by atoms with Crippen LogP contribution in [0.2, 0.25) is 0 Å². The van der Waals surface area contributed by atoms with Crippen molar-refractivity contribution >= 4 is 5.97 Å². The van der Waals surface area contributed by atoms with Gasteiger partial charge in [0.25, 0.3) is 0 Å². The number of hydrogen-bond acceptors (Lipinski definition) is 2. The minimum Gasteiger partial charge on any atom is -0.476 e. The van der Waals surface area contributed by atoms with Crippen LogP contribution in [0.15, 0.2) is 0 Å². The Balaban J connectivity index is 2.14. The second-order valence-electron chi connectivity index (χ2n) is 3.58. The van der Waals surface area contributed by atoms with Crippen molar-refractivity contribution in [2.45, 2.75) is 18.8 Å². The van der Waals surface area contributed by atoms with Gasteiger partial charge in [-0.2, -0.15) is 5.10 Å². The number of carboxylic acid groups (broad SMARTS) is 1. The monoisotopic (exact) mass is 164 g/mol. The molecular weight excluding hydrogens is 156 g/mol. The minimum atomic E-state index is -0.909. The average molecular weight is 164 g/mol. The van der Waals surface area contributed by atoms with E-state index >= 15 is 0 Å². The van der Waals surface area contributed by atoms with Crippen LogP contribution >= 0.6 is 0 Å². The fourth-order valence-corrected chi connectivity index (χ4v) is 2.16. The predicted octanol–water partition coefficient (Wildman–Crippen LogP) is 0.767. The first-order valence-corrected chi connectivity index (χ1v) is 4.08. The van der Waals surface area contributed by atoms with Gasteiger partial charge in [0.1, 0.15) is 0 Å². The lowest BCUT2D eigenvalue weighted by atomic mass is 10.1. The lowest BCUT2D eigenvalue weighted by Gasteiger charge is -1.92. The van der Waals surface area contributed by atoms with Crippen molar-refractivity contribution in [1.29, 1.82) is 0 Å². The molecule has 0 amide bonds. The summed E-state index contributed by atoms with van der Waals surface area (Å²) in [6.07, 6.45) is 2.13. The maximum absolute atomic E-state index is 10.7. The van der Waals surface area contributed by atoms with E-state index in [2.05, 4.69) is 10.2 Å². The zero-order chi connectivity index (χ0) is 8.29. The highest BCUT2D eigenvalue weighted by Gasteiger charge is 2.48. The molecule has 62 valence electrons. The van der Waals surface area contributed by atoms with E-state index in [0.717, 1.165) is 17.7 Å². The van der Waals surface area contributed by atoms with Crippen LogP contribution in [0.5, 0.6) is 0 Å². The lowest BCUT2D eigenvalue weighted by molar-refractivity contribution is 0.0689. The number of aromatic amines is 1. The van der Waals surface area contributed by atoms with E-state index in [-0.39, 0.29) is 5.69 Å². The fourth-order valence-electron chi connectivity index (χ4n) is 2.16. The maximum atomic E-state index is 10.7. The van der Waals surface area contributed by atoms with E-state index in [1.165, 1.54) is 6.42 Å². The summed E-state index contributed by atoms with van der Waals surface area (Å²) in [7, 11) is 0. The molecule has 2 N–H and O–H groups in total. The zero-order valence-corrected chi connectivity index (χ0v) is 6.37. The zero-order valence-electron chi connectivity index (χ0n) is 6.37. The molecule has 1 heterocycles. The number of aromatic nitrogens is 2. The molecule has 0 radical (unpaired) electrons. The van der Waals surface area contributed by atoms with E-state index in [0.29, 0.717) is 11.8 Å². The van der Waals surface area contributed by atoms with Gasteiger partial charge >= 0.3 is 5.97 Å². The second-order valence-corrected chi connectivity index (χ2v) is 3.58. The Morgan fingerprint density at radius 2 is 2.50 bits per heavy atom. The number of nitrogens with zero attached hydrogens (tertiary/aromatic N) is 1. The number of fused-ring (bicyclic) bond motifs is 3. The third kappa shape index (κ3) is 0.581. The number of nitrogens with one attached hydrogen (secondary N) is 1. The van der Waals surface area contributed by atoms with Gasteiger partial charge in [-0.25, -0.2) is 4.79 Å². The van der Waals surface area contributed by atoms with Gasteiger partial charge in [-0.1, -0.05) is 0 Å². The summed E-state index contributed by atoms with van der Waals surface area (Å²) in [4.78, 5) is 10.7. The fraction of sp³-hybridized carbons (Fsp3) is 0.500. The maximum Gasteiger partial charge on any atom is 0.356 e. The van der Waals surface area contributed by atoms with Gasteiger partial charge in [0.05, 0.1) is 0 Å². The number of H-pyrrole nitrogens is 1. The molecule has 2 unspecified atom stereocenters. The van der Waals surface area contributed by atoms with Gasteiger partial charge in [-0.05, 0) is 18.8 Å². The molecule has 0 aliphatic heterocycles. The summed E-state index contributed by atoms with van der Waals surface area (Å²) < 4.78 is 0. The van der Waals surface area contributed by atoms with Gasteiger partial charge in [-0.15, -0.1) is 0 Å². The van der Waals surface area contributed by atoms with Crippen molar-refractivity contribution in [3.8, 4) is 0 Å². The van der Waals surface area contributed by atoms with Crippen molar-refractivity contribution in [3.63, 3.8) is 0 Å². The highest BCUT2D eigenvalue weighted by Crippen LogP contribution is 2.55. The van der Waals surface area contributed by atoms with Gasteiger partial charge in [0.15, 0.2) is 5.69 Å². The Hall–Kier alpha value is -1.32. The van der Waals surface area contributed by atoms with Gasteiger partial charge in [0, 0.05) is 17.2 Å². The summed E-state index contributed by atoms with van der Waals surface area (Å²) in [5.41, 5.74) is 2.26. The normalized spacial score (nSPS) is 29.7. The molecule has 12 heavy (non-hydrogen) atoms. The third-order valence-electron chi connectivity index (χ3n) is 2.86. The second kappa shape index (κ2) is 1.71. The Morgan fingerprint density at radius 3 is 3.25 bits per heavy atom. The van der Waals surface area contributed by atoms with Crippen LogP contribution in [0.4, 0.5) is 0 Å². The molecule has 0 bridgehead atoms. The average Bonchev–Trinajstić information content (AvgIpc) is 2.54. The number of carbonyl (C=O) groups is 1. The third-order valence-corrected chi connectivity index (χ3v) is 2.86. The van der Waals surface area contributed by atoms with Crippen LogP contribution in [-0.2, 0) is 6.42 Å². The van der Waals surface area contributed by atoms with Crippen molar-refractivity contribution < 1.29 is 9.90 Å². The first kappa shape index (κ1) is 6.22. The smallest absolute Gasteiger partial charge is 0.356 e. The molecule has 2 aliphatic carbocycles. The van der Waals surface area contributed by atoms with E-state index < -0.39 is 5.97 Å². The topological polar surface area (TPSA) is 66.0 Å².